The molecule has 0 amide bonds. The van der Waals surface area contributed by atoms with E-state index in [9.17, 15) is 4.79 Å². The van der Waals surface area contributed by atoms with Crippen LogP contribution in [0.2, 0.25) is 0 Å². The highest BCUT2D eigenvalue weighted by Gasteiger charge is 2.17. The Labute approximate surface area is 123 Å². The molecule has 1 aliphatic heterocycles. The number of nitrogen functional groups attached to an aromatic ring is 1. The van der Waals surface area contributed by atoms with Crippen LogP contribution in [-0.4, -0.2) is 40.5 Å². The molecule has 1 unspecified atom stereocenters. The first-order valence-corrected chi connectivity index (χ1v) is 7.41. The third-order valence-electron chi connectivity index (χ3n) is 4.06. The number of rotatable bonds is 4. The zero-order chi connectivity index (χ0) is 14.8. The van der Waals surface area contributed by atoms with Gasteiger partial charge in [0.15, 0.2) is 0 Å². The molecular formula is C15H21N5O. The molecule has 0 radical (unpaired) electrons. The number of aromatic nitrogens is 2. The number of nitrogens with two attached hydrogens (primary N) is 1. The molecule has 2 heterocycles. The van der Waals surface area contributed by atoms with Crippen LogP contribution in [0.5, 0.6) is 0 Å². The molecule has 1 aromatic carbocycles. The zero-order valence-corrected chi connectivity index (χ0v) is 12.2. The fraction of sp³-hybridized carbons (Fsp3) is 0.467. The Hall–Kier alpha value is -2.08. The summed E-state index contributed by atoms with van der Waals surface area (Å²) in [5, 5.41) is 3.75. The predicted molar refractivity (Wildman–Crippen MR) is 85.5 cm³/mol. The first-order valence-electron chi connectivity index (χ1n) is 7.41. The van der Waals surface area contributed by atoms with Gasteiger partial charge in [0.1, 0.15) is 0 Å². The first kappa shape index (κ1) is 13.9. The number of nitrogens with one attached hydrogen (secondary N) is 2. The van der Waals surface area contributed by atoms with Crippen LogP contribution in [0, 0.1) is 0 Å². The summed E-state index contributed by atoms with van der Waals surface area (Å²) in [6, 6.07) is 5.61. The lowest BCUT2D eigenvalue weighted by Crippen LogP contribution is -2.36. The summed E-state index contributed by atoms with van der Waals surface area (Å²) in [4.78, 5) is 21.7. The van der Waals surface area contributed by atoms with Gasteiger partial charge in [-0.2, -0.15) is 0 Å². The number of fused-ring (bicyclic) bond motifs is 1. The summed E-state index contributed by atoms with van der Waals surface area (Å²) in [5.74, 6) is 0.517. The SMILES string of the molecule is CC(CNc1nc2ccc(N)cc2c(=O)[nH]1)N1CCCC1. The number of aromatic amines is 1. The van der Waals surface area contributed by atoms with Crippen molar-refractivity contribution in [3.63, 3.8) is 0 Å². The van der Waals surface area contributed by atoms with Crippen molar-refractivity contribution in [2.75, 3.05) is 30.7 Å². The van der Waals surface area contributed by atoms with Crippen molar-refractivity contribution in [1.82, 2.24) is 14.9 Å². The molecule has 1 aliphatic rings. The van der Waals surface area contributed by atoms with E-state index in [1.807, 2.05) is 0 Å². The van der Waals surface area contributed by atoms with Crippen molar-refractivity contribution in [3.8, 4) is 0 Å². The summed E-state index contributed by atoms with van der Waals surface area (Å²) < 4.78 is 0. The summed E-state index contributed by atoms with van der Waals surface area (Å²) in [5.41, 5.74) is 6.76. The quantitative estimate of drug-likeness (QED) is 0.740. The molecule has 0 aliphatic carbocycles. The summed E-state index contributed by atoms with van der Waals surface area (Å²) in [7, 11) is 0. The number of benzene rings is 1. The fourth-order valence-corrected chi connectivity index (χ4v) is 2.80. The number of H-pyrrole nitrogens is 1. The van der Waals surface area contributed by atoms with Gasteiger partial charge in [-0.3, -0.25) is 14.7 Å². The molecule has 0 saturated carbocycles. The first-order chi connectivity index (χ1) is 10.1. The maximum atomic E-state index is 12.1. The summed E-state index contributed by atoms with van der Waals surface area (Å²) in [6.45, 7) is 5.27. The molecule has 1 fully saturated rings. The van der Waals surface area contributed by atoms with Crippen molar-refractivity contribution < 1.29 is 0 Å². The van der Waals surface area contributed by atoms with Crippen LogP contribution in [0.4, 0.5) is 11.6 Å². The smallest absolute Gasteiger partial charge is 0.260 e. The van der Waals surface area contributed by atoms with E-state index in [0.29, 0.717) is 28.6 Å². The molecule has 112 valence electrons. The average Bonchev–Trinajstić information content (AvgIpc) is 3.00. The van der Waals surface area contributed by atoms with E-state index in [-0.39, 0.29) is 5.56 Å². The summed E-state index contributed by atoms with van der Waals surface area (Å²) >= 11 is 0. The molecule has 21 heavy (non-hydrogen) atoms. The van der Waals surface area contributed by atoms with Gasteiger partial charge in [0.25, 0.3) is 5.56 Å². The fourth-order valence-electron chi connectivity index (χ4n) is 2.80. The van der Waals surface area contributed by atoms with Crippen LogP contribution in [0.3, 0.4) is 0 Å². The lowest BCUT2D eigenvalue weighted by Gasteiger charge is -2.23. The number of likely N-dealkylation sites (tertiary alicyclic amines) is 1. The Morgan fingerprint density at radius 2 is 2.19 bits per heavy atom. The van der Waals surface area contributed by atoms with Crippen molar-refractivity contribution in [2.45, 2.75) is 25.8 Å². The molecule has 1 saturated heterocycles. The minimum Gasteiger partial charge on any atom is -0.399 e. The molecule has 3 rings (SSSR count). The highest BCUT2D eigenvalue weighted by molar-refractivity contribution is 5.81. The third kappa shape index (κ3) is 3.00. The number of hydrogen-bond donors (Lipinski definition) is 3. The van der Waals surface area contributed by atoms with Crippen molar-refractivity contribution in [1.29, 1.82) is 0 Å². The van der Waals surface area contributed by atoms with E-state index in [1.54, 1.807) is 18.2 Å². The van der Waals surface area contributed by atoms with Crippen LogP contribution in [0.15, 0.2) is 23.0 Å². The Balaban J connectivity index is 1.75. The Bertz CT molecular complexity index is 690. The van der Waals surface area contributed by atoms with Crippen molar-refractivity contribution in [3.05, 3.63) is 28.6 Å². The maximum Gasteiger partial charge on any atom is 0.260 e. The third-order valence-corrected chi connectivity index (χ3v) is 4.06. The van der Waals surface area contributed by atoms with E-state index in [0.717, 1.165) is 19.6 Å². The topological polar surface area (TPSA) is 87.0 Å². The van der Waals surface area contributed by atoms with Crippen LogP contribution in [0.25, 0.3) is 10.9 Å². The van der Waals surface area contributed by atoms with Crippen LogP contribution in [0.1, 0.15) is 19.8 Å². The molecule has 4 N–H and O–H groups in total. The summed E-state index contributed by atoms with van der Waals surface area (Å²) in [6.07, 6.45) is 2.55. The van der Waals surface area contributed by atoms with Crippen LogP contribution < -0.4 is 16.6 Å². The van der Waals surface area contributed by atoms with Gasteiger partial charge in [-0.1, -0.05) is 0 Å². The Kier molecular flexibility index (Phi) is 3.79. The molecule has 1 aromatic heterocycles. The van der Waals surface area contributed by atoms with Crippen LogP contribution >= 0.6 is 0 Å². The normalized spacial score (nSPS) is 17.2. The second-order valence-electron chi connectivity index (χ2n) is 5.66. The maximum absolute atomic E-state index is 12.1. The Morgan fingerprint density at radius 3 is 2.95 bits per heavy atom. The van der Waals surface area contributed by atoms with Crippen molar-refractivity contribution in [2.24, 2.45) is 0 Å². The monoisotopic (exact) mass is 287 g/mol. The minimum atomic E-state index is -0.163. The molecule has 6 nitrogen and oxygen atoms in total. The van der Waals surface area contributed by atoms with Gasteiger partial charge in [-0.05, 0) is 51.1 Å². The van der Waals surface area contributed by atoms with E-state index < -0.39 is 0 Å². The number of anilines is 2. The molecule has 6 heteroatoms. The largest absolute Gasteiger partial charge is 0.399 e. The van der Waals surface area contributed by atoms with Crippen LogP contribution in [-0.2, 0) is 0 Å². The highest BCUT2D eigenvalue weighted by Crippen LogP contribution is 2.14. The van der Waals surface area contributed by atoms with E-state index in [2.05, 4.69) is 27.1 Å². The van der Waals surface area contributed by atoms with Gasteiger partial charge in [0.05, 0.1) is 10.9 Å². The van der Waals surface area contributed by atoms with Gasteiger partial charge >= 0.3 is 0 Å². The highest BCUT2D eigenvalue weighted by atomic mass is 16.1. The second kappa shape index (κ2) is 5.73. The number of nitrogens with zero attached hydrogens (tertiary/aromatic N) is 2. The lowest BCUT2D eigenvalue weighted by atomic mass is 10.2. The molecule has 1 atom stereocenters. The average molecular weight is 287 g/mol. The van der Waals surface area contributed by atoms with Gasteiger partial charge in [0, 0.05) is 18.3 Å². The predicted octanol–water partition coefficient (Wildman–Crippen LogP) is 1.40. The Morgan fingerprint density at radius 1 is 1.43 bits per heavy atom. The lowest BCUT2D eigenvalue weighted by molar-refractivity contribution is 0.269. The molecule has 2 aromatic rings. The molecule has 0 bridgehead atoms. The van der Waals surface area contributed by atoms with Gasteiger partial charge in [-0.25, -0.2) is 4.98 Å². The van der Waals surface area contributed by atoms with Gasteiger partial charge in [0.2, 0.25) is 5.95 Å². The van der Waals surface area contributed by atoms with Gasteiger partial charge in [-0.15, -0.1) is 0 Å². The standard InChI is InChI=1S/C15H21N5O/c1-10(20-6-2-3-7-20)9-17-15-18-13-5-4-11(16)8-12(13)14(21)19-15/h4-5,8,10H,2-3,6-7,9,16H2,1H3,(H2,17,18,19,21). The molecule has 0 spiro atoms. The van der Waals surface area contributed by atoms with E-state index in [4.69, 9.17) is 5.73 Å². The van der Waals surface area contributed by atoms with E-state index in [1.165, 1.54) is 12.8 Å². The minimum absolute atomic E-state index is 0.163. The second-order valence-corrected chi connectivity index (χ2v) is 5.66. The zero-order valence-electron chi connectivity index (χ0n) is 12.2. The number of hydrogen-bond acceptors (Lipinski definition) is 5. The van der Waals surface area contributed by atoms with Crippen molar-refractivity contribution >= 4 is 22.5 Å². The van der Waals surface area contributed by atoms with Gasteiger partial charge < -0.3 is 11.1 Å². The van der Waals surface area contributed by atoms with E-state index >= 15 is 0 Å². The molecular weight excluding hydrogens is 266 g/mol.